The van der Waals surface area contributed by atoms with Gasteiger partial charge in [-0.2, -0.15) is 0 Å². The largest absolute Gasteiger partial charge is 0.508 e. The average molecular weight is 224 g/mol. The summed E-state index contributed by atoms with van der Waals surface area (Å²) in [5.41, 5.74) is 0.819. The molecule has 0 bridgehead atoms. The Balaban J connectivity index is 2.16. The lowest BCUT2D eigenvalue weighted by atomic mass is 9.88. The van der Waals surface area contributed by atoms with Gasteiger partial charge in [0.05, 0.1) is 12.7 Å². The normalized spacial score (nSPS) is 25.6. The van der Waals surface area contributed by atoms with Crippen LogP contribution in [0.2, 0.25) is 0 Å². The Morgan fingerprint density at radius 1 is 1.31 bits per heavy atom. The summed E-state index contributed by atoms with van der Waals surface area (Å²) in [7, 11) is 0. The summed E-state index contributed by atoms with van der Waals surface area (Å²) in [5.74, 6) is 0.363. The number of aliphatic hydroxyl groups excluding tert-OH is 1. The Kier molecular flexibility index (Phi) is 3.31. The highest BCUT2D eigenvalue weighted by Gasteiger charge is 2.25. The highest BCUT2D eigenvalue weighted by molar-refractivity contribution is 5.41. The van der Waals surface area contributed by atoms with E-state index in [0.29, 0.717) is 13.0 Å². The lowest BCUT2D eigenvalue weighted by molar-refractivity contribution is -0.0252. The molecule has 1 aliphatic heterocycles. The Labute approximate surface area is 94.1 Å². The first kappa shape index (κ1) is 11.2. The number of ether oxygens (including phenoxy) is 1. The van der Waals surface area contributed by atoms with Gasteiger partial charge in [0.2, 0.25) is 0 Å². The van der Waals surface area contributed by atoms with Crippen molar-refractivity contribution in [2.75, 3.05) is 13.2 Å². The Morgan fingerprint density at radius 2 is 2.12 bits per heavy atom. The van der Waals surface area contributed by atoms with Crippen LogP contribution in [0.25, 0.3) is 0 Å². The van der Waals surface area contributed by atoms with E-state index in [9.17, 15) is 10.2 Å². The molecule has 1 aliphatic rings. The van der Waals surface area contributed by atoms with E-state index in [2.05, 4.69) is 0 Å². The van der Waals surface area contributed by atoms with Gasteiger partial charge >= 0.3 is 0 Å². The van der Waals surface area contributed by atoms with Crippen LogP contribution in [0.1, 0.15) is 24.3 Å². The minimum Gasteiger partial charge on any atom is -0.508 e. The van der Waals surface area contributed by atoms with E-state index < -0.39 is 0 Å². The second-order valence-corrected chi connectivity index (χ2v) is 4.14. The molecular weight excluding hydrogens is 208 g/mol. The second kappa shape index (κ2) is 4.72. The Hall–Kier alpha value is -1.26. The summed E-state index contributed by atoms with van der Waals surface area (Å²) in [5, 5.41) is 28.0. The number of rotatable bonds is 2. The van der Waals surface area contributed by atoms with Crippen LogP contribution >= 0.6 is 0 Å². The highest BCUT2D eigenvalue weighted by atomic mass is 16.5. The summed E-state index contributed by atoms with van der Waals surface area (Å²) in [6.07, 6.45) is 1.39. The minimum absolute atomic E-state index is 0.00927. The monoisotopic (exact) mass is 224 g/mol. The number of aromatic hydroxyl groups is 2. The number of hydrogen-bond acceptors (Lipinski definition) is 4. The molecule has 0 radical (unpaired) electrons. The van der Waals surface area contributed by atoms with Gasteiger partial charge in [-0.3, -0.25) is 0 Å². The quantitative estimate of drug-likeness (QED) is 0.709. The van der Waals surface area contributed by atoms with Crippen molar-refractivity contribution in [3.63, 3.8) is 0 Å². The molecule has 2 atom stereocenters. The van der Waals surface area contributed by atoms with Crippen molar-refractivity contribution in [2.45, 2.75) is 24.9 Å². The summed E-state index contributed by atoms with van der Waals surface area (Å²) >= 11 is 0. The fraction of sp³-hybridized carbons (Fsp3) is 0.500. The first-order valence-corrected chi connectivity index (χ1v) is 5.45. The predicted molar refractivity (Wildman–Crippen MR) is 58.6 cm³/mol. The van der Waals surface area contributed by atoms with Crippen molar-refractivity contribution < 1.29 is 20.1 Å². The van der Waals surface area contributed by atoms with Gasteiger partial charge < -0.3 is 20.1 Å². The van der Waals surface area contributed by atoms with E-state index in [4.69, 9.17) is 9.84 Å². The maximum atomic E-state index is 9.74. The van der Waals surface area contributed by atoms with Gasteiger partial charge in [0.25, 0.3) is 0 Å². The SMILES string of the molecule is OCC1CC(c2ccc(O)cc2O)CCO1. The topological polar surface area (TPSA) is 69.9 Å². The molecular formula is C12H16O4. The fourth-order valence-corrected chi connectivity index (χ4v) is 2.17. The van der Waals surface area contributed by atoms with E-state index in [0.717, 1.165) is 12.0 Å². The molecule has 2 rings (SSSR count). The predicted octanol–water partition coefficient (Wildman–Crippen LogP) is 1.35. The highest BCUT2D eigenvalue weighted by Crippen LogP contribution is 2.36. The van der Waals surface area contributed by atoms with Crippen LogP contribution in [-0.2, 0) is 4.74 Å². The van der Waals surface area contributed by atoms with Crippen LogP contribution in [0.4, 0.5) is 0 Å². The van der Waals surface area contributed by atoms with E-state index in [1.54, 1.807) is 12.1 Å². The molecule has 0 spiro atoms. The standard InChI is InChI=1S/C12H16O4/c13-7-10-5-8(3-4-16-10)11-2-1-9(14)6-12(11)15/h1-2,6,8,10,13-15H,3-5,7H2. The Morgan fingerprint density at radius 3 is 2.81 bits per heavy atom. The van der Waals surface area contributed by atoms with Crippen molar-refractivity contribution in [3.8, 4) is 11.5 Å². The Bertz CT molecular complexity index is 364. The molecule has 1 aromatic rings. The van der Waals surface area contributed by atoms with Gasteiger partial charge in [0.15, 0.2) is 0 Å². The first-order valence-electron chi connectivity index (χ1n) is 5.45. The molecule has 0 amide bonds. The zero-order valence-electron chi connectivity index (χ0n) is 8.97. The smallest absolute Gasteiger partial charge is 0.122 e. The number of aliphatic hydroxyl groups is 1. The van der Waals surface area contributed by atoms with Crippen molar-refractivity contribution in [1.82, 2.24) is 0 Å². The van der Waals surface area contributed by atoms with Gasteiger partial charge in [-0.05, 0) is 30.4 Å². The van der Waals surface area contributed by atoms with Gasteiger partial charge in [-0.25, -0.2) is 0 Å². The number of hydrogen-bond donors (Lipinski definition) is 3. The zero-order chi connectivity index (χ0) is 11.5. The molecule has 2 unspecified atom stereocenters. The number of benzene rings is 1. The molecule has 1 fully saturated rings. The van der Waals surface area contributed by atoms with E-state index in [1.165, 1.54) is 6.07 Å². The number of phenolic OH excluding ortho intramolecular Hbond substituents is 2. The second-order valence-electron chi connectivity index (χ2n) is 4.14. The third-order valence-corrected chi connectivity index (χ3v) is 3.02. The molecule has 16 heavy (non-hydrogen) atoms. The summed E-state index contributed by atoms with van der Waals surface area (Å²) in [4.78, 5) is 0. The molecule has 0 aromatic heterocycles. The van der Waals surface area contributed by atoms with Crippen LogP contribution in [0.3, 0.4) is 0 Å². The number of phenols is 2. The van der Waals surface area contributed by atoms with Crippen molar-refractivity contribution in [2.24, 2.45) is 0 Å². The molecule has 0 saturated carbocycles. The van der Waals surface area contributed by atoms with E-state index in [-0.39, 0.29) is 30.1 Å². The summed E-state index contributed by atoms with van der Waals surface area (Å²) < 4.78 is 5.36. The van der Waals surface area contributed by atoms with Crippen molar-refractivity contribution >= 4 is 0 Å². The van der Waals surface area contributed by atoms with Gasteiger partial charge in [0.1, 0.15) is 11.5 Å². The van der Waals surface area contributed by atoms with Crippen LogP contribution in [-0.4, -0.2) is 34.6 Å². The zero-order valence-corrected chi connectivity index (χ0v) is 8.97. The molecule has 3 N–H and O–H groups in total. The maximum absolute atomic E-state index is 9.74. The first-order chi connectivity index (χ1) is 7.70. The minimum atomic E-state index is -0.146. The van der Waals surface area contributed by atoms with Gasteiger partial charge in [-0.15, -0.1) is 0 Å². The molecule has 4 nitrogen and oxygen atoms in total. The van der Waals surface area contributed by atoms with Crippen LogP contribution in [0.5, 0.6) is 11.5 Å². The van der Waals surface area contributed by atoms with Gasteiger partial charge in [0, 0.05) is 12.7 Å². The fourth-order valence-electron chi connectivity index (χ4n) is 2.17. The van der Waals surface area contributed by atoms with Gasteiger partial charge in [-0.1, -0.05) is 6.07 Å². The van der Waals surface area contributed by atoms with Crippen LogP contribution in [0, 0.1) is 0 Å². The van der Waals surface area contributed by atoms with E-state index >= 15 is 0 Å². The van der Waals surface area contributed by atoms with Crippen molar-refractivity contribution in [3.05, 3.63) is 23.8 Å². The van der Waals surface area contributed by atoms with Crippen LogP contribution in [0.15, 0.2) is 18.2 Å². The molecule has 1 heterocycles. The molecule has 88 valence electrons. The third-order valence-electron chi connectivity index (χ3n) is 3.02. The summed E-state index contributed by atoms with van der Waals surface area (Å²) in [6.45, 7) is 0.603. The van der Waals surface area contributed by atoms with E-state index in [1.807, 2.05) is 0 Å². The average Bonchev–Trinajstić information content (AvgIpc) is 2.29. The lowest BCUT2D eigenvalue weighted by Gasteiger charge is -2.29. The summed E-state index contributed by atoms with van der Waals surface area (Å²) in [6, 6.07) is 4.65. The molecule has 1 saturated heterocycles. The maximum Gasteiger partial charge on any atom is 0.122 e. The molecule has 4 heteroatoms. The third kappa shape index (κ3) is 2.28. The van der Waals surface area contributed by atoms with Crippen LogP contribution < -0.4 is 0 Å². The lowest BCUT2D eigenvalue weighted by Crippen LogP contribution is -2.27. The van der Waals surface area contributed by atoms with Crippen molar-refractivity contribution in [1.29, 1.82) is 0 Å². The molecule has 1 aromatic carbocycles. The molecule has 0 aliphatic carbocycles.